The van der Waals surface area contributed by atoms with Crippen molar-refractivity contribution in [2.24, 2.45) is 17.8 Å². The molecular weight excluding hydrogens is 476 g/mol. The molecule has 0 spiro atoms. The van der Waals surface area contributed by atoms with E-state index < -0.39 is 36.4 Å². The molecule has 2 aliphatic rings. The maximum atomic E-state index is 12.5. The largest absolute Gasteiger partial charge is 0.459 e. The standard InChI is InChI=1S/C29H46O8/c1-7-23(32)20(5)29-26(36-29)15-17(2)9-8-10-18(3)28-19(4)11-13-24(33)25(35-21(6)30)14-12-22(31)16-27(34)37-28/h8-11,13,17,19-20,22-26,28-29,31-33H,7,12,14-16H2,1-6H3/b9-8+,13-11-,18-10+. The van der Waals surface area contributed by atoms with Gasteiger partial charge in [0.25, 0.3) is 0 Å². The van der Waals surface area contributed by atoms with Gasteiger partial charge in [-0.3, -0.25) is 9.59 Å². The van der Waals surface area contributed by atoms with Crippen molar-refractivity contribution < 1.29 is 39.1 Å². The molecule has 10 atom stereocenters. The number of aliphatic hydroxyl groups is 3. The zero-order valence-corrected chi connectivity index (χ0v) is 23.1. The number of aliphatic hydroxyl groups excluding tert-OH is 3. The van der Waals surface area contributed by atoms with Crippen molar-refractivity contribution in [2.75, 3.05) is 0 Å². The number of cyclic esters (lactones) is 1. The fraction of sp³-hybridized carbons (Fsp3) is 0.724. The highest BCUT2D eigenvalue weighted by atomic mass is 16.6. The molecule has 0 aromatic heterocycles. The van der Waals surface area contributed by atoms with Crippen LogP contribution in [0.25, 0.3) is 0 Å². The number of esters is 2. The van der Waals surface area contributed by atoms with Crippen LogP contribution in [0, 0.1) is 17.8 Å². The molecule has 0 radical (unpaired) electrons. The van der Waals surface area contributed by atoms with E-state index in [-0.39, 0.29) is 55.3 Å². The molecule has 37 heavy (non-hydrogen) atoms. The highest BCUT2D eigenvalue weighted by Crippen LogP contribution is 2.36. The SMILES string of the molecule is CCC(O)C(C)C1OC1CC(C)/C=C/C=C(\C)C1OC(=O)CC(O)CCC(OC(C)=O)C(O)/C=C\C1C. The minimum Gasteiger partial charge on any atom is -0.459 e. The summed E-state index contributed by atoms with van der Waals surface area (Å²) in [6, 6.07) is 0. The van der Waals surface area contributed by atoms with E-state index in [4.69, 9.17) is 14.2 Å². The second kappa shape index (κ2) is 14.8. The van der Waals surface area contributed by atoms with Crippen LogP contribution in [0.3, 0.4) is 0 Å². The van der Waals surface area contributed by atoms with Crippen LogP contribution in [-0.2, 0) is 23.8 Å². The molecule has 0 bridgehead atoms. The second-order valence-electron chi connectivity index (χ2n) is 10.7. The molecule has 0 amide bonds. The minimum atomic E-state index is -1.03. The number of ether oxygens (including phenoxy) is 3. The average Bonchev–Trinajstić information content (AvgIpc) is 3.60. The summed E-state index contributed by atoms with van der Waals surface area (Å²) in [5.74, 6) is -0.888. The van der Waals surface area contributed by atoms with Gasteiger partial charge in [-0.2, -0.15) is 0 Å². The lowest BCUT2D eigenvalue weighted by Gasteiger charge is -2.26. The summed E-state index contributed by atoms with van der Waals surface area (Å²) in [5.41, 5.74) is 0.826. The third-order valence-electron chi connectivity index (χ3n) is 7.25. The zero-order chi connectivity index (χ0) is 27.7. The first-order valence-electron chi connectivity index (χ1n) is 13.5. The highest BCUT2D eigenvalue weighted by Gasteiger charge is 2.44. The smallest absolute Gasteiger partial charge is 0.309 e. The summed E-state index contributed by atoms with van der Waals surface area (Å²) in [5, 5.41) is 30.9. The van der Waals surface area contributed by atoms with E-state index in [0.717, 1.165) is 18.4 Å². The number of allylic oxidation sites excluding steroid dienone is 3. The van der Waals surface area contributed by atoms with E-state index >= 15 is 0 Å². The lowest BCUT2D eigenvalue weighted by atomic mass is 9.93. The number of carbonyl (C=O) groups is 2. The van der Waals surface area contributed by atoms with E-state index in [9.17, 15) is 24.9 Å². The van der Waals surface area contributed by atoms with Gasteiger partial charge in [0.05, 0.1) is 30.8 Å². The summed E-state index contributed by atoms with van der Waals surface area (Å²) in [6.45, 7) is 11.1. The molecule has 1 fully saturated rings. The predicted octanol–water partition coefficient (Wildman–Crippen LogP) is 3.63. The van der Waals surface area contributed by atoms with Gasteiger partial charge in [0, 0.05) is 18.8 Å². The lowest BCUT2D eigenvalue weighted by molar-refractivity contribution is -0.154. The summed E-state index contributed by atoms with van der Waals surface area (Å²) >= 11 is 0. The molecule has 0 aliphatic carbocycles. The molecule has 3 N–H and O–H groups in total. The van der Waals surface area contributed by atoms with Crippen molar-refractivity contribution in [2.45, 2.75) is 116 Å². The molecule has 0 saturated carbocycles. The number of hydrogen-bond acceptors (Lipinski definition) is 8. The number of rotatable bonds is 9. The Morgan fingerprint density at radius 1 is 1.22 bits per heavy atom. The molecule has 8 nitrogen and oxygen atoms in total. The fourth-order valence-corrected chi connectivity index (χ4v) is 4.82. The van der Waals surface area contributed by atoms with E-state index in [1.807, 2.05) is 39.8 Å². The molecule has 1 saturated heterocycles. The Morgan fingerprint density at radius 3 is 2.57 bits per heavy atom. The van der Waals surface area contributed by atoms with Gasteiger partial charge in [-0.05, 0) is 44.1 Å². The van der Waals surface area contributed by atoms with E-state index in [0.29, 0.717) is 0 Å². The Morgan fingerprint density at radius 2 is 1.92 bits per heavy atom. The fourth-order valence-electron chi connectivity index (χ4n) is 4.82. The quantitative estimate of drug-likeness (QED) is 0.181. The summed E-state index contributed by atoms with van der Waals surface area (Å²) in [6.07, 6.45) is 7.63. The van der Waals surface area contributed by atoms with Crippen molar-refractivity contribution in [1.29, 1.82) is 0 Å². The lowest BCUT2D eigenvalue weighted by Crippen LogP contribution is -2.33. The number of hydrogen-bond donors (Lipinski definition) is 3. The molecule has 0 aromatic rings. The maximum absolute atomic E-state index is 12.5. The van der Waals surface area contributed by atoms with Crippen LogP contribution in [-0.4, -0.2) is 70.0 Å². The Kier molecular flexibility index (Phi) is 12.5. The molecule has 2 heterocycles. The molecule has 210 valence electrons. The number of epoxide rings is 1. The predicted molar refractivity (Wildman–Crippen MR) is 140 cm³/mol. The Hall–Kier alpha value is -2.00. The van der Waals surface area contributed by atoms with Crippen LogP contribution in [0.5, 0.6) is 0 Å². The van der Waals surface area contributed by atoms with Crippen LogP contribution in [0.4, 0.5) is 0 Å². The van der Waals surface area contributed by atoms with Gasteiger partial charge in [-0.1, -0.05) is 58.1 Å². The normalized spacial score (nSPS) is 35.0. The summed E-state index contributed by atoms with van der Waals surface area (Å²) in [7, 11) is 0. The topological polar surface area (TPSA) is 126 Å². The van der Waals surface area contributed by atoms with Gasteiger partial charge in [-0.15, -0.1) is 0 Å². The van der Waals surface area contributed by atoms with Gasteiger partial charge in [0.15, 0.2) is 0 Å². The van der Waals surface area contributed by atoms with Gasteiger partial charge >= 0.3 is 11.9 Å². The first kappa shape index (κ1) is 31.2. The van der Waals surface area contributed by atoms with Gasteiger partial charge in [0.1, 0.15) is 18.3 Å². The van der Waals surface area contributed by atoms with Gasteiger partial charge < -0.3 is 29.5 Å². The summed E-state index contributed by atoms with van der Waals surface area (Å²) in [4.78, 5) is 24.0. The highest BCUT2D eigenvalue weighted by molar-refractivity contribution is 5.70. The van der Waals surface area contributed by atoms with Crippen molar-refractivity contribution in [3.8, 4) is 0 Å². The van der Waals surface area contributed by atoms with Crippen LogP contribution >= 0.6 is 0 Å². The number of carbonyl (C=O) groups excluding carboxylic acids is 2. The second-order valence-corrected chi connectivity index (χ2v) is 10.7. The molecule has 2 aliphatic heterocycles. The van der Waals surface area contributed by atoms with Crippen molar-refractivity contribution in [1.82, 2.24) is 0 Å². The van der Waals surface area contributed by atoms with Crippen LogP contribution < -0.4 is 0 Å². The van der Waals surface area contributed by atoms with Gasteiger partial charge in [-0.25, -0.2) is 0 Å². The Balaban J connectivity index is 2.06. The van der Waals surface area contributed by atoms with Crippen LogP contribution in [0.1, 0.15) is 73.6 Å². The maximum Gasteiger partial charge on any atom is 0.309 e. The first-order chi connectivity index (χ1) is 17.4. The van der Waals surface area contributed by atoms with Crippen LogP contribution in [0.2, 0.25) is 0 Å². The zero-order valence-electron chi connectivity index (χ0n) is 23.1. The van der Waals surface area contributed by atoms with E-state index in [2.05, 4.69) is 13.0 Å². The first-order valence-corrected chi connectivity index (χ1v) is 13.5. The van der Waals surface area contributed by atoms with Crippen molar-refractivity contribution >= 4 is 11.9 Å². The Bertz CT molecular complexity index is 834. The van der Waals surface area contributed by atoms with Crippen molar-refractivity contribution in [3.63, 3.8) is 0 Å². The van der Waals surface area contributed by atoms with Crippen LogP contribution in [0.15, 0.2) is 36.0 Å². The third-order valence-corrected chi connectivity index (χ3v) is 7.25. The molecule has 0 aromatic carbocycles. The average molecular weight is 523 g/mol. The van der Waals surface area contributed by atoms with Crippen molar-refractivity contribution in [3.05, 3.63) is 36.0 Å². The molecule has 10 unspecified atom stereocenters. The Labute approximate surface area is 221 Å². The molecule has 8 heteroatoms. The molecule has 2 rings (SSSR count). The molecular formula is C29H46O8. The summed E-state index contributed by atoms with van der Waals surface area (Å²) < 4.78 is 16.8. The third kappa shape index (κ3) is 10.3. The monoisotopic (exact) mass is 522 g/mol. The van der Waals surface area contributed by atoms with E-state index in [1.165, 1.54) is 6.92 Å². The van der Waals surface area contributed by atoms with Gasteiger partial charge in [0.2, 0.25) is 0 Å². The minimum absolute atomic E-state index is 0.109. The van der Waals surface area contributed by atoms with E-state index in [1.54, 1.807) is 12.2 Å².